The third-order valence-electron chi connectivity index (χ3n) is 3.11. The minimum absolute atomic E-state index is 0.0534. The quantitative estimate of drug-likeness (QED) is 0.864. The lowest BCUT2D eigenvalue weighted by Gasteiger charge is -2.19. The van der Waals surface area contributed by atoms with Gasteiger partial charge in [0.2, 0.25) is 0 Å². The van der Waals surface area contributed by atoms with E-state index in [4.69, 9.17) is 5.26 Å². The van der Waals surface area contributed by atoms with Gasteiger partial charge in [-0.25, -0.2) is 0 Å². The van der Waals surface area contributed by atoms with Crippen molar-refractivity contribution in [2.75, 3.05) is 6.54 Å². The highest BCUT2D eigenvalue weighted by Crippen LogP contribution is 2.15. The van der Waals surface area contributed by atoms with Crippen LogP contribution < -0.4 is 0 Å². The molecule has 2 aromatic rings. The fraction of sp³-hybridized carbons (Fsp3) is 0.267. The van der Waals surface area contributed by atoms with E-state index in [9.17, 15) is 4.79 Å². The number of aryl methyl sites for hydroxylation is 2. The first kappa shape index (κ1) is 13.8. The molecule has 0 saturated carbocycles. The fourth-order valence-electron chi connectivity index (χ4n) is 2.11. The Morgan fingerprint density at radius 1 is 1.35 bits per heavy atom. The maximum Gasteiger partial charge on any atom is 0.258 e. The molecule has 1 aromatic heterocycles. The molecular weight excluding hydrogens is 252 g/mol. The zero-order chi connectivity index (χ0) is 14.5. The second-order valence-corrected chi connectivity index (χ2v) is 4.61. The monoisotopic (exact) mass is 268 g/mol. The molecule has 0 radical (unpaired) electrons. The van der Waals surface area contributed by atoms with Gasteiger partial charge in [-0.05, 0) is 19.4 Å². The molecule has 102 valence electrons. The predicted octanol–water partition coefficient (Wildman–Crippen LogP) is 2.19. The Morgan fingerprint density at radius 2 is 2.05 bits per heavy atom. The number of nitrogens with zero attached hydrogens (tertiary/aromatic N) is 3. The predicted molar refractivity (Wildman–Crippen MR) is 74.9 cm³/mol. The topological polar surface area (TPSA) is 72.8 Å². The number of carbonyl (C=O) groups excluding carboxylic acids is 1. The first-order valence-electron chi connectivity index (χ1n) is 6.35. The van der Waals surface area contributed by atoms with Gasteiger partial charge in [-0.3, -0.25) is 9.89 Å². The maximum absolute atomic E-state index is 12.6. The van der Waals surface area contributed by atoms with Crippen molar-refractivity contribution in [3.8, 4) is 6.07 Å². The normalized spacial score (nSPS) is 10.1. The molecule has 0 unspecified atom stereocenters. The molecule has 0 spiro atoms. The van der Waals surface area contributed by atoms with E-state index < -0.39 is 0 Å². The summed E-state index contributed by atoms with van der Waals surface area (Å²) in [4.78, 5) is 14.1. The standard InChI is InChI=1S/C15H16N4O/c1-11-14(12(2)18-17-11)15(20)19(9-8-16)10-13-6-4-3-5-7-13/h3-7H,9-10H2,1-2H3,(H,17,18). The molecule has 0 aliphatic heterocycles. The molecule has 1 aromatic carbocycles. The highest BCUT2D eigenvalue weighted by Gasteiger charge is 2.21. The molecule has 0 aliphatic rings. The van der Waals surface area contributed by atoms with Gasteiger partial charge in [0.15, 0.2) is 0 Å². The van der Waals surface area contributed by atoms with E-state index in [0.717, 1.165) is 11.3 Å². The number of amides is 1. The van der Waals surface area contributed by atoms with Gasteiger partial charge in [0.1, 0.15) is 6.54 Å². The third kappa shape index (κ3) is 2.86. The highest BCUT2D eigenvalue weighted by atomic mass is 16.2. The largest absolute Gasteiger partial charge is 0.321 e. The van der Waals surface area contributed by atoms with Crippen LogP contribution in [0.3, 0.4) is 0 Å². The fourth-order valence-corrected chi connectivity index (χ4v) is 2.11. The average Bonchev–Trinajstić information content (AvgIpc) is 2.78. The molecule has 5 nitrogen and oxygen atoms in total. The Hall–Kier alpha value is -2.61. The number of H-pyrrole nitrogens is 1. The molecule has 2 rings (SSSR count). The van der Waals surface area contributed by atoms with E-state index in [2.05, 4.69) is 10.2 Å². The summed E-state index contributed by atoms with van der Waals surface area (Å²) >= 11 is 0. The van der Waals surface area contributed by atoms with E-state index in [1.165, 1.54) is 4.90 Å². The summed E-state index contributed by atoms with van der Waals surface area (Å²) in [7, 11) is 0. The molecule has 0 saturated heterocycles. The van der Waals surface area contributed by atoms with Crippen LogP contribution in [0.15, 0.2) is 30.3 Å². The van der Waals surface area contributed by atoms with Gasteiger partial charge in [0.05, 0.1) is 17.3 Å². The number of nitriles is 1. The van der Waals surface area contributed by atoms with Crippen LogP contribution in [0.4, 0.5) is 0 Å². The van der Waals surface area contributed by atoms with Crippen molar-refractivity contribution in [2.24, 2.45) is 0 Å². The first-order chi connectivity index (χ1) is 9.63. The minimum Gasteiger partial charge on any atom is -0.321 e. The third-order valence-corrected chi connectivity index (χ3v) is 3.11. The second kappa shape index (κ2) is 6.02. The Bertz CT molecular complexity index is 620. The van der Waals surface area contributed by atoms with Crippen LogP contribution in [0.25, 0.3) is 0 Å². The van der Waals surface area contributed by atoms with Gasteiger partial charge in [-0.15, -0.1) is 0 Å². The van der Waals surface area contributed by atoms with Crippen LogP contribution in [0.1, 0.15) is 27.3 Å². The summed E-state index contributed by atoms with van der Waals surface area (Å²) in [6.45, 7) is 4.05. The number of nitrogens with one attached hydrogen (secondary N) is 1. The number of aromatic amines is 1. The van der Waals surface area contributed by atoms with Crippen molar-refractivity contribution >= 4 is 5.91 Å². The Labute approximate surface area is 117 Å². The van der Waals surface area contributed by atoms with Crippen LogP contribution in [0.2, 0.25) is 0 Å². The van der Waals surface area contributed by atoms with Gasteiger partial charge in [-0.1, -0.05) is 30.3 Å². The smallest absolute Gasteiger partial charge is 0.258 e. The molecule has 0 fully saturated rings. The minimum atomic E-state index is -0.167. The van der Waals surface area contributed by atoms with E-state index in [0.29, 0.717) is 17.8 Å². The molecule has 1 N–H and O–H groups in total. The van der Waals surface area contributed by atoms with Crippen molar-refractivity contribution in [3.05, 3.63) is 52.8 Å². The maximum atomic E-state index is 12.6. The summed E-state index contributed by atoms with van der Waals surface area (Å²) in [5, 5.41) is 15.8. The molecule has 0 atom stereocenters. The van der Waals surface area contributed by atoms with Crippen LogP contribution in [0.5, 0.6) is 0 Å². The number of rotatable bonds is 4. The Kier molecular flexibility index (Phi) is 4.16. The number of hydrogen-bond donors (Lipinski definition) is 1. The van der Waals surface area contributed by atoms with Crippen LogP contribution >= 0.6 is 0 Å². The van der Waals surface area contributed by atoms with Gasteiger partial charge in [0.25, 0.3) is 5.91 Å². The van der Waals surface area contributed by atoms with Crippen LogP contribution in [-0.4, -0.2) is 27.5 Å². The second-order valence-electron chi connectivity index (χ2n) is 4.61. The molecule has 1 amide bonds. The Morgan fingerprint density at radius 3 is 2.60 bits per heavy atom. The lowest BCUT2D eigenvalue weighted by Crippen LogP contribution is -2.31. The van der Waals surface area contributed by atoms with E-state index in [1.807, 2.05) is 36.4 Å². The summed E-state index contributed by atoms with van der Waals surface area (Å²) < 4.78 is 0. The van der Waals surface area contributed by atoms with Gasteiger partial charge in [-0.2, -0.15) is 10.4 Å². The number of aromatic nitrogens is 2. The summed E-state index contributed by atoms with van der Waals surface area (Å²) in [6, 6.07) is 11.7. The molecule has 1 heterocycles. The summed E-state index contributed by atoms with van der Waals surface area (Å²) in [5.41, 5.74) is 2.93. The number of carbonyl (C=O) groups is 1. The van der Waals surface area contributed by atoms with E-state index in [1.54, 1.807) is 13.8 Å². The molecule has 0 bridgehead atoms. The van der Waals surface area contributed by atoms with Crippen molar-refractivity contribution in [1.82, 2.24) is 15.1 Å². The van der Waals surface area contributed by atoms with Crippen molar-refractivity contribution < 1.29 is 4.79 Å². The van der Waals surface area contributed by atoms with Crippen molar-refractivity contribution in [1.29, 1.82) is 5.26 Å². The zero-order valence-corrected chi connectivity index (χ0v) is 11.6. The van der Waals surface area contributed by atoms with Crippen LogP contribution in [-0.2, 0) is 6.54 Å². The molecule has 0 aliphatic carbocycles. The lowest BCUT2D eigenvalue weighted by atomic mass is 10.1. The van der Waals surface area contributed by atoms with Crippen molar-refractivity contribution in [2.45, 2.75) is 20.4 Å². The Balaban J connectivity index is 2.25. The molecule has 5 heteroatoms. The van der Waals surface area contributed by atoms with Crippen molar-refractivity contribution in [3.63, 3.8) is 0 Å². The van der Waals surface area contributed by atoms with E-state index >= 15 is 0 Å². The summed E-state index contributed by atoms with van der Waals surface area (Å²) in [5.74, 6) is -0.167. The first-order valence-corrected chi connectivity index (χ1v) is 6.35. The molecule has 20 heavy (non-hydrogen) atoms. The van der Waals surface area contributed by atoms with Crippen LogP contribution in [0, 0.1) is 25.2 Å². The number of benzene rings is 1. The van der Waals surface area contributed by atoms with E-state index in [-0.39, 0.29) is 12.5 Å². The number of hydrogen-bond acceptors (Lipinski definition) is 3. The van der Waals surface area contributed by atoms with Gasteiger partial charge in [0, 0.05) is 12.2 Å². The van der Waals surface area contributed by atoms with Gasteiger partial charge < -0.3 is 4.90 Å². The SMILES string of the molecule is Cc1n[nH]c(C)c1C(=O)N(CC#N)Cc1ccccc1. The highest BCUT2D eigenvalue weighted by molar-refractivity contribution is 5.96. The summed E-state index contributed by atoms with van der Waals surface area (Å²) in [6.07, 6.45) is 0. The molecular formula is C15H16N4O. The average molecular weight is 268 g/mol. The lowest BCUT2D eigenvalue weighted by molar-refractivity contribution is 0.0763. The zero-order valence-electron chi connectivity index (χ0n) is 11.6. The van der Waals surface area contributed by atoms with Gasteiger partial charge >= 0.3 is 0 Å².